The second kappa shape index (κ2) is 13.1. The summed E-state index contributed by atoms with van der Waals surface area (Å²) in [5.41, 5.74) is 0. The van der Waals surface area contributed by atoms with Gasteiger partial charge in [0, 0.05) is 0 Å². The van der Waals surface area contributed by atoms with Gasteiger partial charge in [-0.05, 0) is 127 Å². The largest absolute Gasteiger partial charge is 0.421 e. The zero-order valence-electron chi connectivity index (χ0n) is 25.6. The summed E-state index contributed by atoms with van der Waals surface area (Å²) in [5.74, 6) is 0. The minimum atomic E-state index is -3.92. The van der Waals surface area contributed by atoms with E-state index in [4.69, 9.17) is 13.5 Å². The van der Waals surface area contributed by atoms with E-state index < -0.39 is 30.1 Å². The zero-order valence-corrected chi connectivity index (χ0v) is 29.1. The van der Waals surface area contributed by atoms with E-state index in [1.54, 1.807) is 0 Å². The van der Waals surface area contributed by atoms with Crippen molar-refractivity contribution in [3.8, 4) is 0 Å². The van der Waals surface area contributed by atoms with Crippen LogP contribution in [0.2, 0.25) is 0 Å². The van der Waals surface area contributed by atoms with Crippen LogP contribution in [-0.4, -0.2) is 169 Å². The maximum absolute atomic E-state index is 15.3. The van der Waals surface area contributed by atoms with Crippen LogP contribution in [0.5, 0.6) is 0 Å². The first kappa shape index (κ1) is 35.6. The van der Waals surface area contributed by atoms with Gasteiger partial charge in [-0.25, -0.2) is 4.57 Å². The Labute approximate surface area is 217 Å². The smallest absolute Gasteiger partial charge is 0.252 e. The fourth-order valence-corrected chi connectivity index (χ4v) is 21.8. The van der Waals surface area contributed by atoms with Crippen molar-refractivity contribution >= 4 is 30.1 Å². The van der Waals surface area contributed by atoms with Gasteiger partial charge in [0.15, 0.2) is 22.5 Å². The fourth-order valence-electron chi connectivity index (χ4n) is 4.46. The van der Waals surface area contributed by atoms with Gasteiger partial charge in [0.2, 0.25) is 0 Å². The summed E-state index contributed by atoms with van der Waals surface area (Å²) in [7, 11) is 23.8. The third-order valence-electron chi connectivity index (χ3n) is 5.54. The summed E-state index contributed by atoms with van der Waals surface area (Å²) in [6.45, 7) is 0. The SMILES string of the molecule is CN(C)P(=NP(=O)(N=P(N(C)C)(N(C)C)N(C)C)N=P(N(C)C)(N(C)C)N(C)C)(N(C)C)N(C)C. The predicted molar refractivity (Wildman–Crippen MR) is 159 cm³/mol. The van der Waals surface area contributed by atoms with Crippen molar-refractivity contribution in [1.82, 2.24) is 42.0 Å². The van der Waals surface area contributed by atoms with E-state index >= 15 is 4.57 Å². The lowest BCUT2D eigenvalue weighted by Crippen LogP contribution is -2.32. The highest BCUT2D eigenvalue weighted by atomic mass is 31.3. The molecule has 0 spiro atoms. The molecular formula is C18H54N12OP4. The van der Waals surface area contributed by atoms with Crippen molar-refractivity contribution in [1.29, 1.82) is 0 Å². The van der Waals surface area contributed by atoms with Gasteiger partial charge in [0.05, 0.1) is 0 Å². The first-order chi connectivity index (χ1) is 15.6. The number of hydrogen-bond acceptors (Lipinski definition) is 1. The van der Waals surface area contributed by atoms with Crippen LogP contribution in [0.4, 0.5) is 0 Å². The highest BCUT2D eigenvalue weighted by molar-refractivity contribution is 7.79. The van der Waals surface area contributed by atoms with E-state index in [2.05, 4.69) is 0 Å². The lowest BCUT2D eigenvalue weighted by Gasteiger charge is -2.44. The lowest BCUT2D eigenvalue weighted by molar-refractivity contribution is 0.469. The molecule has 0 N–H and O–H groups in total. The molecule has 0 atom stereocenters. The number of nitrogens with zero attached hydrogens (tertiary/aromatic N) is 12. The van der Waals surface area contributed by atoms with Crippen molar-refractivity contribution in [3.05, 3.63) is 0 Å². The standard InChI is InChI=1S/C18H54N12OP4/c1-22(2)33(23(3)4,24(5)6)19-32(31,20-34(25(7)8,26(9)10)27(11)12)21-35(28(13)14,29(15)16)30(17)18/h1-18H3. The van der Waals surface area contributed by atoms with Crippen LogP contribution in [-0.2, 0) is 4.57 Å². The third-order valence-corrected chi connectivity index (χ3v) is 20.9. The molecule has 0 amide bonds. The maximum atomic E-state index is 15.3. The Balaban J connectivity index is 8.54. The monoisotopic (exact) mass is 578 g/mol. The Morgan fingerprint density at radius 3 is 0.514 bits per heavy atom. The molecule has 212 valence electrons. The molecule has 0 aliphatic rings. The Hall–Kier alpha value is 0.560. The number of rotatable bonds is 12. The van der Waals surface area contributed by atoms with E-state index in [0.29, 0.717) is 0 Å². The van der Waals surface area contributed by atoms with E-state index in [1.165, 1.54) is 0 Å². The molecule has 0 saturated heterocycles. The van der Waals surface area contributed by atoms with Crippen LogP contribution in [0.15, 0.2) is 13.5 Å². The summed E-state index contributed by atoms with van der Waals surface area (Å²) in [4.78, 5) is 0. The Morgan fingerprint density at radius 2 is 0.429 bits per heavy atom. The van der Waals surface area contributed by atoms with Gasteiger partial charge < -0.3 is 0 Å². The van der Waals surface area contributed by atoms with Crippen LogP contribution in [0.3, 0.4) is 0 Å². The summed E-state index contributed by atoms with van der Waals surface area (Å²) in [6.07, 6.45) is 0. The van der Waals surface area contributed by atoms with Gasteiger partial charge in [-0.2, -0.15) is 13.5 Å². The minimum Gasteiger partial charge on any atom is -0.252 e. The summed E-state index contributed by atoms with van der Waals surface area (Å²) < 4.78 is 49.4. The van der Waals surface area contributed by atoms with Crippen LogP contribution in [0.25, 0.3) is 0 Å². The zero-order chi connectivity index (χ0) is 28.3. The first-order valence-corrected chi connectivity index (χ1v) is 17.6. The van der Waals surface area contributed by atoms with Crippen LogP contribution in [0, 0.1) is 0 Å². The molecule has 0 fully saturated rings. The molecule has 0 radical (unpaired) electrons. The van der Waals surface area contributed by atoms with Gasteiger partial charge in [-0.1, -0.05) is 0 Å². The normalized spacial score (nSPS) is 14.7. The second-order valence-electron chi connectivity index (χ2n) is 10.0. The molecule has 17 heteroatoms. The quantitative estimate of drug-likeness (QED) is 0.317. The van der Waals surface area contributed by atoms with E-state index in [1.807, 2.05) is 169 Å². The van der Waals surface area contributed by atoms with Gasteiger partial charge in [-0.3, -0.25) is 42.0 Å². The van der Waals surface area contributed by atoms with Gasteiger partial charge in [0.25, 0.3) is 0 Å². The molecule has 13 nitrogen and oxygen atoms in total. The third kappa shape index (κ3) is 6.96. The highest BCUT2D eigenvalue weighted by Gasteiger charge is 2.42. The lowest BCUT2D eigenvalue weighted by atomic mass is 11.2. The molecule has 0 aromatic rings. The highest BCUT2D eigenvalue weighted by Crippen LogP contribution is 2.76. The molecule has 0 unspecified atom stereocenters. The first-order valence-electron chi connectivity index (χ1n) is 11.2. The molecular weight excluding hydrogens is 524 g/mol. The van der Waals surface area contributed by atoms with Crippen LogP contribution >= 0.6 is 30.1 Å². The van der Waals surface area contributed by atoms with Crippen molar-refractivity contribution in [3.63, 3.8) is 0 Å². The van der Waals surface area contributed by atoms with Gasteiger partial charge in [0.1, 0.15) is 0 Å². The van der Waals surface area contributed by atoms with Crippen LogP contribution < -0.4 is 0 Å². The second-order valence-corrected chi connectivity index (χ2v) is 23.6. The predicted octanol–water partition coefficient (Wildman–Crippen LogP) is 3.99. The molecule has 0 bridgehead atoms. The van der Waals surface area contributed by atoms with Crippen molar-refractivity contribution in [2.75, 3.05) is 127 Å². The molecule has 0 aromatic carbocycles. The Bertz CT molecular complexity index is 709. The average Bonchev–Trinajstić information content (AvgIpc) is 2.66. The molecule has 0 saturated carbocycles. The molecule has 0 aliphatic heterocycles. The fraction of sp³-hybridized carbons (Fsp3) is 1.00. The van der Waals surface area contributed by atoms with Gasteiger partial charge in [-0.15, -0.1) is 0 Å². The van der Waals surface area contributed by atoms with Gasteiger partial charge >= 0.3 is 7.59 Å². The minimum absolute atomic E-state index is 1.97. The van der Waals surface area contributed by atoms with E-state index in [9.17, 15) is 0 Å². The molecule has 0 heterocycles. The Kier molecular flexibility index (Phi) is 13.3. The molecule has 0 rings (SSSR count). The summed E-state index contributed by atoms with van der Waals surface area (Å²) >= 11 is 0. The maximum Gasteiger partial charge on any atom is 0.421 e. The van der Waals surface area contributed by atoms with Crippen molar-refractivity contribution in [2.24, 2.45) is 13.5 Å². The van der Waals surface area contributed by atoms with Crippen molar-refractivity contribution in [2.45, 2.75) is 0 Å². The Morgan fingerprint density at radius 1 is 0.314 bits per heavy atom. The average molecular weight is 579 g/mol. The molecule has 0 aromatic heterocycles. The van der Waals surface area contributed by atoms with E-state index in [0.717, 1.165) is 0 Å². The summed E-state index contributed by atoms with van der Waals surface area (Å²) in [5, 5.41) is 0. The number of hydrogen-bond donors (Lipinski definition) is 0. The topological polar surface area (TPSA) is 83.3 Å². The molecule has 35 heavy (non-hydrogen) atoms. The van der Waals surface area contributed by atoms with Crippen molar-refractivity contribution < 1.29 is 4.57 Å². The van der Waals surface area contributed by atoms with E-state index in [-0.39, 0.29) is 0 Å². The van der Waals surface area contributed by atoms with Crippen LogP contribution in [0.1, 0.15) is 0 Å². The summed E-state index contributed by atoms with van der Waals surface area (Å²) in [6, 6.07) is 0. The molecule has 0 aliphatic carbocycles.